The largest absolute Gasteiger partial charge is 0.416 e. The van der Waals surface area contributed by atoms with Crippen LogP contribution in [-0.4, -0.2) is 0 Å². The van der Waals surface area contributed by atoms with E-state index in [1.165, 1.54) is 31.4 Å². The number of hydrogen-bond donors (Lipinski definition) is 0. The van der Waals surface area contributed by atoms with E-state index in [-0.39, 0.29) is 0 Å². The zero-order chi connectivity index (χ0) is 13.4. The summed E-state index contributed by atoms with van der Waals surface area (Å²) in [6.45, 7) is 2.15. The van der Waals surface area contributed by atoms with Gasteiger partial charge in [-0.2, -0.15) is 13.2 Å². The molecule has 0 aliphatic carbocycles. The molecule has 0 bridgehead atoms. The van der Waals surface area contributed by atoms with Crippen molar-refractivity contribution in [1.29, 1.82) is 0 Å². The molecule has 18 heavy (non-hydrogen) atoms. The molecule has 0 aliphatic rings. The van der Waals surface area contributed by atoms with Crippen LogP contribution in [0.4, 0.5) is 13.2 Å². The molecule has 0 saturated heterocycles. The molecule has 0 spiro atoms. The van der Waals surface area contributed by atoms with Gasteiger partial charge in [-0.05, 0) is 30.5 Å². The third-order valence-electron chi connectivity index (χ3n) is 2.75. The van der Waals surface area contributed by atoms with Crippen molar-refractivity contribution in [3.8, 4) is 0 Å². The van der Waals surface area contributed by atoms with Crippen LogP contribution in [0, 0.1) is 0 Å². The molecule has 100 valence electrons. The second kappa shape index (κ2) is 7.24. The van der Waals surface area contributed by atoms with E-state index < -0.39 is 11.7 Å². The van der Waals surface area contributed by atoms with E-state index in [1.807, 2.05) is 6.08 Å². The van der Waals surface area contributed by atoms with Gasteiger partial charge in [0.25, 0.3) is 0 Å². The molecular formula is C15H19F3. The van der Waals surface area contributed by atoms with Crippen LogP contribution in [0.15, 0.2) is 30.3 Å². The molecule has 0 radical (unpaired) electrons. The molecular weight excluding hydrogens is 237 g/mol. The van der Waals surface area contributed by atoms with E-state index in [9.17, 15) is 13.2 Å². The molecule has 1 aromatic carbocycles. The number of allylic oxidation sites excluding steroid dienone is 1. The first-order chi connectivity index (χ1) is 8.54. The highest BCUT2D eigenvalue weighted by Gasteiger charge is 2.30. The van der Waals surface area contributed by atoms with E-state index in [0.717, 1.165) is 18.9 Å². The maximum absolute atomic E-state index is 12.5. The first kappa shape index (κ1) is 14.8. The van der Waals surface area contributed by atoms with Crippen LogP contribution in [0.1, 0.15) is 50.2 Å². The van der Waals surface area contributed by atoms with Gasteiger partial charge in [0.1, 0.15) is 0 Å². The van der Waals surface area contributed by atoms with Crippen molar-refractivity contribution in [3.63, 3.8) is 0 Å². The molecule has 1 aromatic rings. The predicted octanol–water partition coefficient (Wildman–Crippen LogP) is 5.69. The van der Waals surface area contributed by atoms with Crippen molar-refractivity contribution in [2.75, 3.05) is 0 Å². The number of hydrogen-bond acceptors (Lipinski definition) is 0. The van der Waals surface area contributed by atoms with Crippen LogP contribution >= 0.6 is 0 Å². The molecule has 0 unspecified atom stereocenters. The van der Waals surface area contributed by atoms with E-state index in [4.69, 9.17) is 0 Å². The Kier molecular flexibility index (Phi) is 5.96. The number of benzene rings is 1. The van der Waals surface area contributed by atoms with Gasteiger partial charge in [-0.1, -0.05) is 50.5 Å². The Bertz CT molecular complexity index is 378. The molecule has 0 heterocycles. The molecule has 0 fully saturated rings. The topological polar surface area (TPSA) is 0 Å². The van der Waals surface area contributed by atoms with Gasteiger partial charge < -0.3 is 0 Å². The fourth-order valence-electron chi connectivity index (χ4n) is 1.73. The zero-order valence-corrected chi connectivity index (χ0v) is 10.6. The normalized spacial score (nSPS) is 12.2. The summed E-state index contributed by atoms with van der Waals surface area (Å²) in [7, 11) is 0. The predicted molar refractivity (Wildman–Crippen MR) is 69.2 cm³/mol. The Balaban J connectivity index is 2.49. The maximum atomic E-state index is 12.5. The molecule has 0 atom stereocenters. The van der Waals surface area contributed by atoms with Gasteiger partial charge in [0, 0.05) is 0 Å². The van der Waals surface area contributed by atoms with E-state index in [0.29, 0.717) is 5.56 Å². The summed E-state index contributed by atoms with van der Waals surface area (Å²) < 4.78 is 37.4. The molecule has 0 aliphatic heterocycles. The quantitative estimate of drug-likeness (QED) is 0.573. The van der Waals surface area contributed by atoms with Crippen LogP contribution in [0.25, 0.3) is 6.08 Å². The number of unbranched alkanes of at least 4 members (excludes halogenated alkanes) is 4. The number of halogens is 3. The fraction of sp³-hybridized carbons (Fsp3) is 0.467. The highest BCUT2D eigenvalue weighted by molar-refractivity contribution is 5.50. The smallest absolute Gasteiger partial charge is 0.166 e. The Hall–Kier alpha value is -1.25. The van der Waals surface area contributed by atoms with Crippen LogP contribution in [-0.2, 0) is 6.18 Å². The van der Waals surface area contributed by atoms with Crippen molar-refractivity contribution >= 4 is 6.08 Å². The van der Waals surface area contributed by atoms with Gasteiger partial charge in [-0.3, -0.25) is 0 Å². The third kappa shape index (κ3) is 5.39. The van der Waals surface area contributed by atoms with Crippen molar-refractivity contribution < 1.29 is 13.2 Å². The summed E-state index contributed by atoms with van der Waals surface area (Å²) >= 11 is 0. The van der Waals surface area contributed by atoms with Crippen molar-refractivity contribution in [2.24, 2.45) is 0 Å². The maximum Gasteiger partial charge on any atom is 0.416 e. The van der Waals surface area contributed by atoms with E-state index >= 15 is 0 Å². The van der Waals surface area contributed by atoms with Gasteiger partial charge >= 0.3 is 6.18 Å². The molecule has 1 rings (SSSR count). The van der Waals surface area contributed by atoms with Crippen molar-refractivity contribution in [2.45, 2.75) is 45.2 Å². The molecule has 0 aromatic heterocycles. The fourth-order valence-corrected chi connectivity index (χ4v) is 1.73. The summed E-state index contributed by atoms with van der Waals surface area (Å²) in [5.41, 5.74) is 0.0240. The van der Waals surface area contributed by atoms with Gasteiger partial charge in [0.2, 0.25) is 0 Å². The highest BCUT2D eigenvalue weighted by atomic mass is 19.4. The lowest BCUT2D eigenvalue weighted by Gasteiger charge is -2.06. The monoisotopic (exact) mass is 256 g/mol. The lowest BCUT2D eigenvalue weighted by molar-refractivity contribution is -0.137. The number of rotatable bonds is 6. The molecule has 3 heteroatoms. The van der Waals surface area contributed by atoms with Crippen LogP contribution < -0.4 is 0 Å². The lowest BCUT2D eigenvalue weighted by atomic mass is 10.1. The van der Waals surface area contributed by atoms with E-state index in [2.05, 4.69) is 6.92 Å². The molecule has 0 amide bonds. The molecule has 0 N–H and O–H groups in total. The first-order valence-corrected chi connectivity index (χ1v) is 6.38. The average Bonchev–Trinajstić information content (AvgIpc) is 2.33. The Labute approximate surface area is 107 Å². The Morgan fingerprint density at radius 3 is 2.56 bits per heavy atom. The van der Waals surface area contributed by atoms with Crippen molar-refractivity contribution in [3.05, 3.63) is 41.5 Å². The second-order valence-corrected chi connectivity index (χ2v) is 4.37. The van der Waals surface area contributed by atoms with Crippen LogP contribution in [0.5, 0.6) is 0 Å². The summed E-state index contributed by atoms with van der Waals surface area (Å²) in [6, 6.07) is 5.42. The third-order valence-corrected chi connectivity index (χ3v) is 2.75. The summed E-state index contributed by atoms with van der Waals surface area (Å²) in [5.74, 6) is 0. The van der Waals surface area contributed by atoms with Gasteiger partial charge in [0.15, 0.2) is 0 Å². The summed E-state index contributed by atoms with van der Waals surface area (Å²) in [4.78, 5) is 0. The SMILES string of the molecule is CCCCCCC=Cc1cccc(C(F)(F)F)c1. The minimum absolute atomic E-state index is 0.587. The van der Waals surface area contributed by atoms with Gasteiger partial charge in [-0.15, -0.1) is 0 Å². The Morgan fingerprint density at radius 1 is 1.11 bits per heavy atom. The molecule has 0 saturated carbocycles. The van der Waals surface area contributed by atoms with Crippen molar-refractivity contribution in [1.82, 2.24) is 0 Å². The summed E-state index contributed by atoms with van der Waals surface area (Å²) in [6.07, 6.45) is 5.08. The minimum atomic E-state index is -4.26. The Morgan fingerprint density at radius 2 is 1.89 bits per heavy atom. The average molecular weight is 256 g/mol. The van der Waals surface area contributed by atoms with Crippen LogP contribution in [0.2, 0.25) is 0 Å². The number of alkyl halides is 3. The molecule has 0 nitrogen and oxygen atoms in total. The lowest BCUT2D eigenvalue weighted by Crippen LogP contribution is -2.04. The standard InChI is InChI=1S/C15H19F3/c1-2-3-4-5-6-7-9-13-10-8-11-14(12-13)15(16,17)18/h7-12H,2-6H2,1H3. The highest BCUT2D eigenvalue weighted by Crippen LogP contribution is 2.29. The van der Waals surface area contributed by atoms with Gasteiger partial charge in [0.05, 0.1) is 5.56 Å². The van der Waals surface area contributed by atoms with Gasteiger partial charge in [-0.25, -0.2) is 0 Å². The minimum Gasteiger partial charge on any atom is -0.166 e. The summed E-state index contributed by atoms with van der Waals surface area (Å²) in [5, 5.41) is 0. The van der Waals surface area contributed by atoms with E-state index in [1.54, 1.807) is 12.1 Å². The zero-order valence-electron chi connectivity index (χ0n) is 10.6. The first-order valence-electron chi connectivity index (χ1n) is 6.38. The second-order valence-electron chi connectivity index (χ2n) is 4.37. The van der Waals surface area contributed by atoms with Crippen LogP contribution in [0.3, 0.4) is 0 Å².